The molecule has 1 amide bonds. The van der Waals surface area contributed by atoms with Crippen molar-refractivity contribution in [3.8, 4) is 11.4 Å². The second kappa shape index (κ2) is 9.63. The summed E-state index contributed by atoms with van der Waals surface area (Å²) in [6, 6.07) is 8.12. The number of anilines is 2. The number of carbonyl (C=O) groups is 1. The lowest BCUT2D eigenvalue weighted by Gasteiger charge is -2.28. The van der Waals surface area contributed by atoms with E-state index in [0.717, 1.165) is 4.57 Å². The zero-order valence-electron chi connectivity index (χ0n) is 17.5. The minimum Gasteiger partial charge on any atom is -0.447 e. The Morgan fingerprint density at radius 2 is 1.88 bits per heavy atom. The number of carbonyl (C=O) groups excluding carboxylic acids is 1. The second-order valence-corrected chi connectivity index (χ2v) is 7.33. The van der Waals surface area contributed by atoms with Crippen LogP contribution < -0.4 is 10.2 Å². The van der Waals surface area contributed by atoms with E-state index >= 15 is 0 Å². The Morgan fingerprint density at radius 3 is 2.55 bits per heavy atom. The summed E-state index contributed by atoms with van der Waals surface area (Å²) < 4.78 is 50.5. The lowest BCUT2D eigenvalue weighted by atomic mass is 10.2. The third-order valence-corrected chi connectivity index (χ3v) is 4.97. The number of aliphatic hydroxyl groups excluding tert-OH is 1. The van der Waals surface area contributed by atoms with E-state index in [1.807, 2.05) is 4.90 Å². The number of nitrogens with zero attached hydrogens (tertiary/aromatic N) is 4. The van der Waals surface area contributed by atoms with Gasteiger partial charge in [0.2, 0.25) is 0 Å². The number of ether oxygens (including phenoxy) is 2. The summed E-state index contributed by atoms with van der Waals surface area (Å²) in [5.41, 5.74) is 1.20. The van der Waals surface area contributed by atoms with Crippen molar-refractivity contribution in [3.05, 3.63) is 36.5 Å². The van der Waals surface area contributed by atoms with Crippen LogP contribution in [-0.4, -0.2) is 71.4 Å². The molecule has 0 spiro atoms. The first-order valence-corrected chi connectivity index (χ1v) is 10.3. The fraction of sp³-hybridized carbons (Fsp3) is 0.381. The highest BCUT2D eigenvalue weighted by Crippen LogP contribution is 2.31. The number of amides is 1. The minimum absolute atomic E-state index is 0.125. The van der Waals surface area contributed by atoms with E-state index in [1.54, 1.807) is 30.3 Å². The van der Waals surface area contributed by atoms with Gasteiger partial charge in [-0.15, -0.1) is 0 Å². The minimum atomic E-state index is -4.39. The van der Waals surface area contributed by atoms with E-state index < -0.39 is 18.8 Å². The summed E-state index contributed by atoms with van der Waals surface area (Å²) in [7, 11) is 0. The fourth-order valence-corrected chi connectivity index (χ4v) is 3.51. The first kappa shape index (κ1) is 22.8. The number of fused-ring (bicyclic) bond motifs is 1. The number of alkyl halides is 3. The van der Waals surface area contributed by atoms with Gasteiger partial charge in [-0.05, 0) is 30.3 Å². The van der Waals surface area contributed by atoms with Crippen LogP contribution in [0.25, 0.3) is 22.4 Å². The molecule has 3 heterocycles. The van der Waals surface area contributed by atoms with Crippen LogP contribution >= 0.6 is 0 Å². The first-order chi connectivity index (χ1) is 15.8. The lowest BCUT2D eigenvalue weighted by molar-refractivity contribution is -0.139. The molecular formula is C21H22F3N5O4. The van der Waals surface area contributed by atoms with Gasteiger partial charge in [-0.3, -0.25) is 5.32 Å². The van der Waals surface area contributed by atoms with Crippen molar-refractivity contribution < 1.29 is 32.5 Å². The molecule has 0 saturated carbocycles. The number of nitrogens with one attached hydrogen (secondary N) is 1. The molecule has 0 bridgehead atoms. The number of benzene rings is 1. The number of morpholine rings is 1. The van der Waals surface area contributed by atoms with Gasteiger partial charge in [0.15, 0.2) is 5.82 Å². The maximum Gasteiger partial charge on any atom is 0.411 e. The van der Waals surface area contributed by atoms with E-state index in [0.29, 0.717) is 48.8 Å². The predicted molar refractivity (Wildman–Crippen MR) is 114 cm³/mol. The Kier molecular flexibility index (Phi) is 6.65. The Balaban J connectivity index is 1.69. The molecule has 4 rings (SSSR count). The topological polar surface area (TPSA) is 102 Å². The van der Waals surface area contributed by atoms with Crippen molar-refractivity contribution in [2.24, 2.45) is 0 Å². The largest absolute Gasteiger partial charge is 0.447 e. The summed E-state index contributed by atoms with van der Waals surface area (Å²) in [6.07, 6.45) is -3.74. The van der Waals surface area contributed by atoms with Crippen molar-refractivity contribution in [3.63, 3.8) is 0 Å². The van der Waals surface area contributed by atoms with Crippen LogP contribution in [0, 0.1) is 0 Å². The molecular weight excluding hydrogens is 443 g/mol. The number of halogens is 3. The summed E-state index contributed by atoms with van der Waals surface area (Å²) in [5, 5.41) is 11.8. The molecule has 1 fully saturated rings. The Labute approximate surface area is 186 Å². The molecule has 0 atom stereocenters. The van der Waals surface area contributed by atoms with Crippen LogP contribution in [0.5, 0.6) is 0 Å². The highest BCUT2D eigenvalue weighted by Gasteiger charge is 2.29. The molecule has 3 aromatic rings. The number of hydrogen-bond donors (Lipinski definition) is 2. The van der Waals surface area contributed by atoms with E-state index in [1.165, 1.54) is 6.20 Å². The first-order valence-electron chi connectivity index (χ1n) is 10.3. The van der Waals surface area contributed by atoms with Crippen LogP contribution in [0.3, 0.4) is 0 Å². The van der Waals surface area contributed by atoms with Crippen molar-refractivity contribution in [2.75, 3.05) is 49.7 Å². The lowest BCUT2D eigenvalue weighted by Crippen LogP contribution is -2.37. The Hall–Kier alpha value is -3.38. The summed E-state index contributed by atoms with van der Waals surface area (Å²) in [4.78, 5) is 22.7. The summed E-state index contributed by atoms with van der Waals surface area (Å²) in [5.74, 6) is 0.814. The van der Waals surface area contributed by atoms with Crippen molar-refractivity contribution in [1.29, 1.82) is 0 Å². The molecule has 0 aliphatic carbocycles. The van der Waals surface area contributed by atoms with Crippen LogP contribution in [0.4, 0.5) is 29.5 Å². The van der Waals surface area contributed by atoms with Crippen LogP contribution in [-0.2, 0) is 16.0 Å². The van der Waals surface area contributed by atoms with Crippen LogP contribution in [0.2, 0.25) is 0 Å². The van der Waals surface area contributed by atoms with E-state index in [-0.39, 0.29) is 24.7 Å². The Morgan fingerprint density at radius 1 is 1.15 bits per heavy atom. The van der Waals surface area contributed by atoms with Gasteiger partial charge in [0, 0.05) is 30.5 Å². The van der Waals surface area contributed by atoms with Gasteiger partial charge in [0.25, 0.3) is 0 Å². The maximum atomic E-state index is 13.1. The molecule has 1 aromatic carbocycles. The molecule has 2 N–H and O–H groups in total. The normalized spacial score (nSPS) is 14.5. The zero-order valence-corrected chi connectivity index (χ0v) is 17.5. The van der Waals surface area contributed by atoms with Gasteiger partial charge >= 0.3 is 12.3 Å². The third kappa shape index (κ3) is 5.52. The monoisotopic (exact) mass is 465 g/mol. The molecule has 176 valence electrons. The van der Waals surface area contributed by atoms with Gasteiger partial charge in [0.1, 0.15) is 24.6 Å². The Bertz CT molecular complexity index is 1110. The van der Waals surface area contributed by atoms with Crippen LogP contribution in [0.1, 0.15) is 0 Å². The molecule has 1 aliphatic heterocycles. The summed E-state index contributed by atoms with van der Waals surface area (Å²) in [6.45, 7) is 0.555. The third-order valence-electron chi connectivity index (χ3n) is 4.97. The quantitative estimate of drug-likeness (QED) is 0.577. The zero-order chi connectivity index (χ0) is 23.4. The SMILES string of the molecule is O=C(Nc1ccc(-c2nc(N3CCOCC3)c3ccn(CC(F)(F)F)c3n2)cc1)OCCO. The number of aliphatic hydroxyl groups is 1. The highest BCUT2D eigenvalue weighted by molar-refractivity contribution is 5.90. The molecule has 1 aliphatic rings. The molecule has 0 unspecified atom stereocenters. The van der Waals surface area contributed by atoms with Crippen molar-refractivity contribution in [2.45, 2.75) is 12.7 Å². The van der Waals surface area contributed by atoms with Gasteiger partial charge < -0.3 is 24.0 Å². The van der Waals surface area contributed by atoms with Gasteiger partial charge in [0.05, 0.1) is 25.2 Å². The molecule has 1 saturated heterocycles. The van der Waals surface area contributed by atoms with Gasteiger partial charge in [-0.1, -0.05) is 0 Å². The maximum absolute atomic E-state index is 13.1. The predicted octanol–water partition coefficient (Wildman–Crippen LogP) is 3.04. The average Bonchev–Trinajstić information content (AvgIpc) is 3.19. The standard InChI is InChI=1S/C21H22F3N5O4/c22-21(23,24)13-29-6-5-16-18(28-7-10-32-11-8-28)26-17(27-19(16)29)14-1-3-15(4-2-14)25-20(31)33-12-9-30/h1-6,30H,7-13H2,(H,25,31). The number of hydrogen-bond acceptors (Lipinski definition) is 7. The highest BCUT2D eigenvalue weighted by atomic mass is 19.4. The molecule has 9 nitrogen and oxygen atoms in total. The van der Waals surface area contributed by atoms with Gasteiger partial charge in [-0.2, -0.15) is 13.2 Å². The van der Waals surface area contributed by atoms with E-state index in [2.05, 4.69) is 15.3 Å². The molecule has 33 heavy (non-hydrogen) atoms. The van der Waals surface area contributed by atoms with Crippen LogP contribution in [0.15, 0.2) is 36.5 Å². The molecule has 12 heteroatoms. The average molecular weight is 465 g/mol. The summed E-state index contributed by atoms with van der Waals surface area (Å²) >= 11 is 0. The molecule has 2 aromatic heterocycles. The second-order valence-electron chi connectivity index (χ2n) is 7.33. The van der Waals surface area contributed by atoms with Gasteiger partial charge in [-0.25, -0.2) is 14.8 Å². The van der Waals surface area contributed by atoms with E-state index in [9.17, 15) is 18.0 Å². The smallest absolute Gasteiger partial charge is 0.411 e. The number of rotatable bonds is 6. The van der Waals surface area contributed by atoms with E-state index in [4.69, 9.17) is 14.6 Å². The van der Waals surface area contributed by atoms with Crippen molar-refractivity contribution in [1.82, 2.24) is 14.5 Å². The van der Waals surface area contributed by atoms with Crippen molar-refractivity contribution >= 4 is 28.6 Å². The fourth-order valence-electron chi connectivity index (χ4n) is 3.51. The number of aromatic nitrogens is 3. The molecule has 0 radical (unpaired) electrons.